The third-order valence-corrected chi connectivity index (χ3v) is 6.90. The van der Waals surface area contributed by atoms with E-state index in [2.05, 4.69) is 5.32 Å². The van der Waals surface area contributed by atoms with Crippen LogP contribution in [0.5, 0.6) is 5.75 Å². The molecule has 2 saturated heterocycles. The van der Waals surface area contributed by atoms with Crippen LogP contribution in [0.15, 0.2) is 42.5 Å². The second-order valence-corrected chi connectivity index (χ2v) is 9.23. The van der Waals surface area contributed by atoms with Crippen molar-refractivity contribution in [3.8, 4) is 5.75 Å². The van der Waals surface area contributed by atoms with Crippen LogP contribution in [0.2, 0.25) is 5.02 Å². The third kappa shape index (κ3) is 5.70. The lowest BCUT2D eigenvalue weighted by molar-refractivity contribution is -0.137. The van der Waals surface area contributed by atoms with Gasteiger partial charge in [-0.15, -0.1) is 0 Å². The van der Waals surface area contributed by atoms with Crippen molar-refractivity contribution >= 4 is 23.2 Å². The summed E-state index contributed by atoms with van der Waals surface area (Å²) in [4.78, 5) is 16.4. The molecule has 2 heterocycles. The van der Waals surface area contributed by atoms with E-state index < -0.39 is 48.6 Å². The topological polar surface area (TPSA) is 106 Å². The van der Waals surface area contributed by atoms with E-state index in [1.807, 2.05) is 9.80 Å². The molecule has 0 spiro atoms. The SMILES string of the molecule is O=C(NC[C@H]1O[C@@H](CO)[C@@H](O)[C@H]1N1CCN(c2cccc(C(F)(F)F)c2)CC1)c1cc(O)ccc1Cl. The van der Waals surface area contributed by atoms with Gasteiger partial charge in [0, 0.05) is 38.4 Å². The summed E-state index contributed by atoms with van der Waals surface area (Å²) in [5.41, 5.74) is -0.164. The Morgan fingerprint density at radius 1 is 1.11 bits per heavy atom. The van der Waals surface area contributed by atoms with Crippen molar-refractivity contribution in [1.82, 2.24) is 10.2 Å². The van der Waals surface area contributed by atoms with Gasteiger partial charge >= 0.3 is 6.18 Å². The van der Waals surface area contributed by atoms with Crippen LogP contribution in [0.4, 0.5) is 18.9 Å². The molecular formula is C24H27ClF3N3O5. The number of nitrogens with zero attached hydrogens (tertiary/aromatic N) is 2. The second kappa shape index (κ2) is 10.8. The van der Waals surface area contributed by atoms with E-state index in [9.17, 15) is 33.3 Å². The molecule has 0 unspecified atom stereocenters. The number of rotatable bonds is 6. The molecule has 4 rings (SSSR count). The summed E-state index contributed by atoms with van der Waals surface area (Å²) >= 11 is 6.05. The van der Waals surface area contributed by atoms with E-state index in [4.69, 9.17) is 16.3 Å². The minimum atomic E-state index is -4.43. The number of hydrogen-bond donors (Lipinski definition) is 4. The number of anilines is 1. The lowest BCUT2D eigenvalue weighted by Gasteiger charge is -2.41. The summed E-state index contributed by atoms with van der Waals surface area (Å²) in [6.07, 6.45) is -6.95. The lowest BCUT2D eigenvalue weighted by atomic mass is 10.0. The van der Waals surface area contributed by atoms with Gasteiger partial charge < -0.3 is 30.3 Å². The molecule has 0 aliphatic carbocycles. The van der Waals surface area contributed by atoms with Crippen LogP contribution in [0.25, 0.3) is 0 Å². The van der Waals surface area contributed by atoms with Gasteiger partial charge in [0.25, 0.3) is 5.91 Å². The van der Waals surface area contributed by atoms with Gasteiger partial charge in [0.1, 0.15) is 18.0 Å². The first-order valence-corrected chi connectivity index (χ1v) is 11.8. The predicted octanol–water partition coefficient (Wildman–Crippen LogP) is 2.11. The molecule has 12 heteroatoms. The molecule has 8 nitrogen and oxygen atoms in total. The molecule has 36 heavy (non-hydrogen) atoms. The van der Waals surface area contributed by atoms with Gasteiger partial charge in [0.15, 0.2) is 0 Å². The van der Waals surface area contributed by atoms with Crippen LogP contribution < -0.4 is 10.2 Å². The normalized spacial score (nSPS) is 25.2. The molecule has 2 aromatic carbocycles. The third-order valence-electron chi connectivity index (χ3n) is 6.57. The molecule has 0 radical (unpaired) electrons. The Labute approximate surface area is 210 Å². The number of aliphatic hydroxyl groups excluding tert-OH is 2. The van der Waals surface area contributed by atoms with Crippen molar-refractivity contribution in [2.24, 2.45) is 0 Å². The molecule has 0 aromatic heterocycles. The highest BCUT2D eigenvalue weighted by atomic mass is 35.5. The van der Waals surface area contributed by atoms with Crippen LogP contribution in [0.1, 0.15) is 15.9 Å². The molecule has 2 fully saturated rings. The summed E-state index contributed by atoms with van der Waals surface area (Å²) in [5, 5.41) is 33.0. The van der Waals surface area contributed by atoms with Crippen LogP contribution in [-0.4, -0.2) is 89.8 Å². The van der Waals surface area contributed by atoms with E-state index >= 15 is 0 Å². The van der Waals surface area contributed by atoms with Gasteiger partial charge in [0.05, 0.1) is 34.9 Å². The molecule has 0 saturated carbocycles. The number of piperazine rings is 1. The zero-order chi connectivity index (χ0) is 26.0. The van der Waals surface area contributed by atoms with E-state index in [0.717, 1.165) is 12.1 Å². The standard InChI is InChI=1S/C24H27ClF3N3O5/c25-18-5-4-16(33)11-17(18)23(35)29-12-19-21(22(34)20(13-32)36-19)31-8-6-30(7-9-31)15-3-1-2-14(10-15)24(26,27)28/h1-5,10-11,19-22,32-34H,6-9,12-13H2,(H,29,35)/t19-,20+,21+,22-/m1/s1. The van der Waals surface area contributed by atoms with E-state index in [0.29, 0.717) is 31.9 Å². The van der Waals surface area contributed by atoms with E-state index in [1.54, 1.807) is 6.07 Å². The van der Waals surface area contributed by atoms with Crippen LogP contribution in [-0.2, 0) is 10.9 Å². The van der Waals surface area contributed by atoms with Crippen molar-refractivity contribution < 1.29 is 38.0 Å². The summed E-state index contributed by atoms with van der Waals surface area (Å²) in [6.45, 7) is 1.31. The molecule has 4 atom stereocenters. The average molecular weight is 530 g/mol. The zero-order valence-electron chi connectivity index (χ0n) is 19.2. The fourth-order valence-corrected chi connectivity index (χ4v) is 4.93. The lowest BCUT2D eigenvalue weighted by Crippen LogP contribution is -2.57. The minimum Gasteiger partial charge on any atom is -0.508 e. The fourth-order valence-electron chi connectivity index (χ4n) is 4.73. The maximum atomic E-state index is 13.1. The Balaban J connectivity index is 1.42. The Morgan fingerprint density at radius 2 is 1.83 bits per heavy atom. The Hall–Kier alpha value is -2.57. The number of hydrogen-bond acceptors (Lipinski definition) is 7. The number of alkyl halides is 3. The first-order chi connectivity index (χ1) is 17.1. The van der Waals surface area contributed by atoms with Gasteiger partial charge in [-0.2, -0.15) is 13.2 Å². The van der Waals surface area contributed by atoms with Gasteiger partial charge in [0.2, 0.25) is 0 Å². The van der Waals surface area contributed by atoms with Crippen LogP contribution in [0, 0.1) is 0 Å². The van der Waals surface area contributed by atoms with Crippen LogP contribution in [0.3, 0.4) is 0 Å². The number of nitrogens with one attached hydrogen (secondary N) is 1. The molecular weight excluding hydrogens is 503 g/mol. The number of carbonyl (C=O) groups excluding carboxylic acids is 1. The summed E-state index contributed by atoms with van der Waals surface area (Å²) in [6, 6.07) is 8.61. The smallest absolute Gasteiger partial charge is 0.416 e. The molecule has 2 aliphatic rings. The van der Waals surface area contributed by atoms with Crippen molar-refractivity contribution in [2.45, 2.75) is 30.5 Å². The quantitative estimate of drug-likeness (QED) is 0.454. The summed E-state index contributed by atoms with van der Waals surface area (Å²) in [7, 11) is 0. The highest BCUT2D eigenvalue weighted by Gasteiger charge is 2.47. The molecule has 2 aliphatic heterocycles. The Kier molecular flexibility index (Phi) is 7.96. The maximum Gasteiger partial charge on any atom is 0.416 e. The van der Waals surface area contributed by atoms with Gasteiger partial charge in [-0.1, -0.05) is 17.7 Å². The monoisotopic (exact) mass is 529 g/mol. The fraction of sp³-hybridized carbons (Fsp3) is 0.458. The summed E-state index contributed by atoms with van der Waals surface area (Å²) < 4.78 is 45.1. The van der Waals surface area contributed by atoms with Crippen molar-refractivity contribution in [3.05, 3.63) is 58.6 Å². The number of carbonyl (C=O) groups is 1. The van der Waals surface area contributed by atoms with Crippen LogP contribution >= 0.6 is 11.6 Å². The number of phenolic OH excluding ortho intramolecular Hbond substituents is 1. The second-order valence-electron chi connectivity index (χ2n) is 8.82. The summed E-state index contributed by atoms with van der Waals surface area (Å²) in [5.74, 6) is -0.650. The van der Waals surface area contributed by atoms with Gasteiger partial charge in [-0.05, 0) is 36.4 Å². The van der Waals surface area contributed by atoms with E-state index in [-0.39, 0.29) is 22.9 Å². The van der Waals surface area contributed by atoms with Crippen molar-refractivity contribution in [1.29, 1.82) is 0 Å². The van der Waals surface area contributed by atoms with Gasteiger partial charge in [-0.3, -0.25) is 9.69 Å². The molecule has 0 bridgehead atoms. The van der Waals surface area contributed by atoms with Crippen molar-refractivity contribution in [3.63, 3.8) is 0 Å². The first-order valence-electron chi connectivity index (χ1n) is 11.5. The highest BCUT2D eigenvalue weighted by molar-refractivity contribution is 6.33. The number of aromatic hydroxyl groups is 1. The highest BCUT2D eigenvalue weighted by Crippen LogP contribution is 2.33. The number of benzene rings is 2. The zero-order valence-corrected chi connectivity index (χ0v) is 19.9. The maximum absolute atomic E-state index is 13.1. The van der Waals surface area contributed by atoms with E-state index in [1.165, 1.54) is 24.3 Å². The largest absolute Gasteiger partial charge is 0.508 e. The molecule has 2 aromatic rings. The first kappa shape index (κ1) is 26.5. The number of ether oxygens (including phenoxy) is 1. The van der Waals surface area contributed by atoms with Gasteiger partial charge in [-0.25, -0.2) is 0 Å². The minimum absolute atomic E-state index is 0.0108. The number of aliphatic hydroxyl groups is 2. The number of halogens is 4. The molecule has 4 N–H and O–H groups in total. The number of phenols is 1. The Morgan fingerprint density at radius 3 is 2.50 bits per heavy atom. The molecule has 196 valence electrons. The number of amides is 1. The Bertz CT molecular complexity index is 1080. The molecule has 1 amide bonds. The predicted molar refractivity (Wildman–Crippen MR) is 126 cm³/mol. The van der Waals surface area contributed by atoms with Crippen molar-refractivity contribution in [2.75, 3.05) is 44.2 Å². The average Bonchev–Trinajstić information content (AvgIpc) is 3.18.